The fourth-order valence-corrected chi connectivity index (χ4v) is 2.49. The van der Waals surface area contributed by atoms with Crippen LogP contribution in [0.15, 0.2) is 24.3 Å². The van der Waals surface area contributed by atoms with Crippen LogP contribution in [0.4, 0.5) is 0 Å². The molecule has 0 saturated carbocycles. The van der Waals surface area contributed by atoms with Gasteiger partial charge in [-0.2, -0.15) is 0 Å². The molecule has 6 nitrogen and oxygen atoms in total. The number of aliphatic hydroxyl groups excluding tert-OH is 2. The van der Waals surface area contributed by atoms with E-state index in [4.69, 9.17) is 14.0 Å². The Bertz CT molecular complexity index is 584. The lowest BCUT2D eigenvalue weighted by atomic mass is 9.74. The summed E-state index contributed by atoms with van der Waals surface area (Å²) >= 11 is 0. The molecule has 0 bridgehead atoms. The van der Waals surface area contributed by atoms with Gasteiger partial charge in [0.15, 0.2) is 6.10 Å². The van der Waals surface area contributed by atoms with E-state index in [2.05, 4.69) is 0 Å². The molecule has 132 valence electrons. The molecule has 0 spiro atoms. The predicted molar refractivity (Wildman–Crippen MR) is 89.8 cm³/mol. The summed E-state index contributed by atoms with van der Waals surface area (Å²) in [5.41, 5.74) is -0.117. The van der Waals surface area contributed by atoms with Gasteiger partial charge in [0.25, 0.3) is 0 Å². The minimum atomic E-state index is -1.67. The summed E-state index contributed by atoms with van der Waals surface area (Å²) in [6, 6.07) is 6.88. The van der Waals surface area contributed by atoms with Gasteiger partial charge in [-0.1, -0.05) is 24.3 Å². The van der Waals surface area contributed by atoms with Crippen LogP contribution in [0.5, 0.6) is 0 Å². The van der Waals surface area contributed by atoms with Gasteiger partial charge in [-0.3, -0.25) is 0 Å². The third-order valence-electron chi connectivity index (χ3n) is 4.65. The summed E-state index contributed by atoms with van der Waals surface area (Å²) in [6.45, 7) is 9.48. The second-order valence-electron chi connectivity index (χ2n) is 6.86. The van der Waals surface area contributed by atoms with E-state index in [-0.39, 0.29) is 6.61 Å². The molecule has 0 amide bonds. The highest BCUT2D eigenvalue weighted by atomic mass is 16.7. The number of hydrogen-bond acceptors (Lipinski definition) is 6. The average molecular weight is 336 g/mol. The predicted octanol–water partition coefficient (Wildman–Crippen LogP) is 0.943. The zero-order valence-electron chi connectivity index (χ0n) is 14.8. The molecule has 2 unspecified atom stereocenters. The molecule has 24 heavy (non-hydrogen) atoms. The van der Waals surface area contributed by atoms with E-state index in [1.807, 2.05) is 27.7 Å². The van der Waals surface area contributed by atoms with Gasteiger partial charge in [0.2, 0.25) is 0 Å². The second-order valence-corrected chi connectivity index (χ2v) is 6.86. The molecule has 1 aliphatic rings. The van der Waals surface area contributed by atoms with E-state index in [0.717, 1.165) is 0 Å². The lowest BCUT2D eigenvalue weighted by molar-refractivity contribution is -0.159. The van der Waals surface area contributed by atoms with Crippen molar-refractivity contribution in [2.24, 2.45) is 0 Å². The molecule has 0 aliphatic carbocycles. The number of hydrogen-bond donors (Lipinski definition) is 2. The van der Waals surface area contributed by atoms with Crippen LogP contribution in [-0.4, -0.2) is 47.2 Å². The highest BCUT2D eigenvalue weighted by Crippen LogP contribution is 2.37. The molecule has 7 heteroatoms. The quantitative estimate of drug-likeness (QED) is 0.615. The molecule has 1 heterocycles. The second kappa shape index (κ2) is 6.84. The van der Waals surface area contributed by atoms with Crippen LogP contribution in [0, 0.1) is 0 Å². The van der Waals surface area contributed by atoms with Crippen molar-refractivity contribution in [2.45, 2.75) is 58.0 Å². The first kappa shape index (κ1) is 18.9. The molecule has 2 N–H and O–H groups in total. The number of esters is 1. The number of benzene rings is 1. The number of carbonyl (C=O) groups excluding carboxylic acids is 1. The van der Waals surface area contributed by atoms with Crippen molar-refractivity contribution >= 4 is 18.6 Å². The van der Waals surface area contributed by atoms with Crippen LogP contribution in [0.1, 0.15) is 46.3 Å². The maximum absolute atomic E-state index is 11.7. The van der Waals surface area contributed by atoms with Crippen molar-refractivity contribution in [3.8, 4) is 0 Å². The van der Waals surface area contributed by atoms with Gasteiger partial charge in [-0.05, 0) is 45.6 Å². The van der Waals surface area contributed by atoms with Gasteiger partial charge in [0.1, 0.15) is 6.10 Å². The Morgan fingerprint density at radius 3 is 2.25 bits per heavy atom. The maximum atomic E-state index is 11.7. The molecular weight excluding hydrogens is 311 g/mol. The Labute approximate surface area is 142 Å². The number of carbonyl (C=O) groups is 1. The van der Waals surface area contributed by atoms with E-state index >= 15 is 0 Å². The molecule has 1 fully saturated rings. The van der Waals surface area contributed by atoms with E-state index in [0.29, 0.717) is 11.0 Å². The van der Waals surface area contributed by atoms with Crippen LogP contribution in [0.2, 0.25) is 0 Å². The van der Waals surface area contributed by atoms with Gasteiger partial charge >= 0.3 is 13.1 Å². The Kier molecular flexibility index (Phi) is 5.39. The molecule has 1 aromatic rings. The summed E-state index contributed by atoms with van der Waals surface area (Å²) in [7, 11) is -0.699. The first-order chi connectivity index (χ1) is 11.1. The topological polar surface area (TPSA) is 85.2 Å². The number of rotatable bonds is 5. The third kappa shape index (κ3) is 3.49. The Hall–Kier alpha value is -1.41. The van der Waals surface area contributed by atoms with Crippen LogP contribution in [-0.2, 0) is 18.8 Å². The first-order valence-electron chi connectivity index (χ1n) is 8.08. The fraction of sp³-hybridized carbons (Fsp3) is 0.588. The lowest BCUT2D eigenvalue weighted by Gasteiger charge is -2.32. The SMILES string of the molecule is CCOC(=O)C(O)C(O)c1ccccc1B1OC(C)(C)C(C)(C)O1. The van der Waals surface area contributed by atoms with Crippen LogP contribution in [0.25, 0.3) is 0 Å². The summed E-state index contributed by atoms with van der Waals surface area (Å²) < 4.78 is 16.8. The van der Waals surface area contributed by atoms with E-state index in [1.165, 1.54) is 0 Å². The molecule has 0 aromatic heterocycles. The van der Waals surface area contributed by atoms with Crippen molar-refractivity contribution in [3.05, 3.63) is 29.8 Å². The van der Waals surface area contributed by atoms with Gasteiger partial charge in [-0.15, -0.1) is 0 Å². The van der Waals surface area contributed by atoms with E-state index in [9.17, 15) is 15.0 Å². The zero-order valence-corrected chi connectivity index (χ0v) is 14.8. The van der Waals surface area contributed by atoms with Gasteiger partial charge in [0, 0.05) is 0 Å². The van der Waals surface area contributed by atoms with Crippen molar-refractivity contribution in [2.75, 3.05) is 6.61 Å². The van der Waals surface area contributed by atoms with Crippen molar-refractivity contribution in [1.29, 1.82) is 0 Å². The lowest BCUT2D eigenvalue weighted by Crippen LogP contribution is -2.41. The van der Waals surface area contributed by atoms with Crippen LogP contribution in [0.3, 0.4) is 0 Å². The highest BCUT2D eigenvalue weighted by molar-refractivity contribution is 6.62. The van der Waals surface area contributed by atoms with Crippen LogP contribution >= 0.6 is 0 Å². The van der Waals surface area contributed by atoms with E-state index < -0.39 is 36.5 Å². The fourth-order valence-electron chi connectivity index (χ4n) is 2.49. The molecule has 1 saturated heterocycles. The van der Waals surface area contributed by atoms with Crippen LogP contribution < -0.4 is 5.46 Å². The molecule has 2 atom stereocenters. The maximum Gasteiger partial charge on any atom is 0.495 e. The third-order valence-corrected chi connectivity index (χ3v) is 4.65. The average Bonchev–Trinajstić information content (AvgIpc) is 2.74. The van der Waals surface area contributed by atoms with Gasteiger partial charge in [0.05, 0.1) is 17.8 Å². The normalized spacial score (nSPS) is 21.4. The van der Waals surface area contributed by atoms with E-state index in [1.54, 1.807) is 31.2 Å². The molecule has 0 radical (unpaired) electrons. The van der Waals surface area contributed by atoms with Crippen molar-refractivity contribution < 1.29 is 29.1 Å². The summed E-state index contributed by atoms with van der Waals surface area (Å²) in [5.74, 6) is -0.867. The Morgan fingerprint density at radius 2 is 1.71 bits per heavy atom. The Morgan fingerprint density at radius 1 is 1.17 bits per heavy atom. The van der Waals surface area contributed by atoms with Crippen molar-refractivity contribution in [3.63, 3.8) is 0 Å². The molecule has 1 aromatic carbocycles. The summed E-state index contributed by atoms with van der Waals surface area (Å²) in [6.07, 6.45) is -3.10. The number of ether oxygens (including phenoxy) is 1. The summed E-state index contributed by atoms with van der Waals surface area (Å²) in [5, 5.41) is 20.5. The molecule has 1 aliphatic heterocycles. The standard InChI is InChI=1S/C17H25BO6/c1-6-22-15(21)14(20)13(19)11-9-7-8-10-12(11)18-23-16(2,3)17(4,5)24-18/h7-10,13-14,19-20H,6H2,1-5H3. The largest absolute Gasteiger partial charge is 0.495 e. The van der Waals surface area contributed by atoms with Gasteiger partial charge < -0.3 is 24.3 Å². The Balaban J connectivity index is 2.30. The summed E-state index contributed by atoms with van der Waals surface area (Å²) in [4.78, 5) is 11.7. The molecular formula is C17H25BO6. The first-order valence-corrected chi connectivity index (χ1v) is 8.08. The minimum Gasteiger partial charge on any atom is -0.464 e. The van der Waals surface area contributed by atoms with Gasteiger partial charge in [-0.25, -0.2) is 4.79 Å². The minimum absolute atomic E-state index is 0.126. The zero-order chi connectivity index (χ0) is 18.1. The number of aliphatic hydroxyl groups is 2. The van der Waals surface area contributed by atoms with Crippen molar-refractivity contribution in [1.82, 2.24) is 0 Å². The monoisotopic (exact) mass is 336 g/mol. The molecule has 2 rings (SSSR count). The smallest absolute Gasteiger partial charge is 0.464 e. The highest BCUT2D eigenvalue weighted by Gasteiger charge is 2.52.